The SMILES string of the molecule is CCc1cccc(C(NN)C(C)C2CC2)c1. The van der Waals surface area contributed by atoms with Crippen LogP contribution in [0.4, 0.5) is 0 Å². The van der Waals surface area contributed by atoms with E-state index >= 15 is 0 Å². The van der Waals surface area contributed by atoms with E-state index in [2.05, 4.69) is 43.5 Å². The summed E-state index contributed by atoms with van der Waals surface area (Å²) in [5, 5.41) is 0. The monoisotopic (exact) mass is 218 g/mol. The van der Waals surface area contributed by atoms with Crippen molar-refractivity contribution in [2.24, 2.45) is 17.7 Å². The van der Waals surface area contributed by atoms with Crippen molar-refractivity contribution in [3.05, 3.63) is 35.4 Å². The Hall–Kier alpha value is -0.860. The zero-order chi connectivity index (χ0) is 11.5. The van der Waals surface area contributed by atoms with Gasteiger partial charge in [0.1, 0.15) is 0 Å². The van der Waals surface area contributed by atoms with Crippen LogP contribution in [0.5, 0.6) is 0 Å². The minimum absolute atomic E-state index is 0.305. The highest BCUT2D eigenvalue weighted by atomic mass is 15.2. The van der Waals surface area contributed by atoms with Gasteiger partial charge in [-0.25, -0.2) is 0 Å². The van der Waals surface area contributed by atoms with E-state index < -0.39 is 0 Å². The van der Waals surface area contributed by atoms with Gasteiger partial charge < -0.3 is 0 Å². The van der Waals surface area contributed by atoms with Crippen molar-refractivity contribution >= 4 is 0 Å². The Morgan fingerprint density at radius 3 is 2.75 bits per heavy atom. The molecule has 16 heavy (non-hydrogen) atoms. The Kier molecular flexibility index (Phi) is 3.62. The van der Waals surface area contributed by atoms with E-state index in [-0.39, 0.29) is 0 Å². The fourth-order valence-electron chi connectivity index (χ4n) is 2.45. The van der Waals surface area contributed by atoms with Crippen molar-refractivity contribution in [1.82, 2.24) is 5.43 Å². The minimum Gasteiger partial charge on any atom is -0.271 e. The van der Waals surface area contributed by atoms with Gasteiger partial charge in [0.15, 0.2) is 0 Å². The maximum absolute atomic E-state index is 5.71. The molecule has 0 heterocycles. The smallest absolute Gasteiger partial charge is 0.0488 e. The van der Waals surface area contributed by atoms with E-state index in [1.165, 1.54) is 24.0 Å². The van der Waals surface area contributed by atoms with Gasteiger partial charge in [0, 0.05) is 6.04 Å². The van der Waals surface area contributed by atoms with E-state index in [0.29, 0.717) is 12.0 Å². The largest absolute Gasteiger partial charge is 0.271 e. The van der Waals surface area contributed by atoms with Crippen molar-refractivity contribution in [3.63, 3.8) is 0 Å². The van der Waals surface area contributed by atoms with E-state index in [4.69, 9.17) is 5.84 Å². The van der Waals surface area contributed by atoms with Gasteiger partial charge in [-0.1, -0.05) is 38.1 Å². The Morgan fingerprint density at radius 1 is 1.44 bits per heavy atom. The van der Waals surface area contributed by atoms with Crippen LogP contribution in [0.25, 0.3) is 0 Å². The molecule has 0 radical (unpaired) electrons. The predicted octanol–water partition coefficient (Wildman–Crippen LogP) is 2.80. The molecule has 1 aliphatic rings. The predicted molar refractivity (Wildman–Crippen MR) is 67.8 cm³/mol. The third-order valence-electron chi connectivity index (χ3n) is 3.79. The molecule has 1 fully saturated rings. The second-order valence-corrected chi connectivity index (χ2v) is 4.94. The average Bonchev–Trinajstić information content (AvgIpc) is 3.14. The third-order valence-corrected chi connectivity index (χ3v) is 3.79. The van der Waals surface area contributed by atoms with E-state index in [9.17, 15) is 0 Å². The molecule has 2 rings (SSSR count). The number of nitrogens with one attached hydrogen (secondary N) is 1. The van der Waals surface area contributed by atoms with Gasteiger partial charge in [-0.15, -0.1) is 0 Å². The third kappa shape index (κ3) is 2.45. The fraction of sp³-hybridized carbons (Fsp3) is 0.571. The molecule has 1 aromatic carbocycles. The van der Waals surface area contributed by atoms with Crippen LogP contribution >= 0.6 is 0 Å². The number of aryl methyl sites for hydroxylation is 1. The normalized spacial score (nSPS) is 19.4. The fourth-order valence-corrected chi connectivity index (χ4v) is 2.45. The molecule has 1 aliphatic carbocycles. The molecule has 0 spiro atoms. The Balaban J connectivity index is 2.17. The molecule has 2 nitrogen and oxygen atoms in total. The molecular formula is C14H22N2. The van der Waals surface area contributed by atoms with Crippen molar-refractivity contribution in [2.75, 3.05) is 0 Å². The summed E-state index contributed by atoms with van der Waals surface area (Å²) in [7, 11) is 0. The van der Waals surface area contributed by atoms with Crippen molar-refractivity contribution in [2.45, 2.75) is 39.2 Å². The molecule has 1 saturated carbocycles. The molecule has 1 aromatic rings. The van der Waals surface area contributed by atoms with E-state index in [1.807, 2.05) is 0 Å². The molecule has 0 amide bonds. The van der Waals surface area contributed by atoms with E-state index in [0.717, 1.165) is 12.3 Å². The molecular weight excluding hydrogens is 196 g/mol. The minimum atomic E-state index is 0.305. The molecule has 2 atom stereocenters. The average molecular weight is 218 g/mol. The molecule has 0 aromatic heterocycles. The Morgan fingerprint density at radius 2 is 2.19 bits per heavy atom. The number of benzene rings is 1. The maximum atomic E-state index is 5.71. The van der Waals surface area contributed by atoms with Gasteiger partial charge in [-0.3, -0.25) is 11.3 Å². The summed E-state index contributed by atoms with van der Waals surface area (Å²) in [5.74, 6) is 7.22. The molecule has 88 valence electrons. The zero-order valence-corrected chi connectivity index (χ0v) is 10.2. The lowest BCUT2D eigenvalue weighted by atomic mass is 9.90. The maximum Gasteiger partial charge on any atom is 0.0488 e. The van der Waals surface area contributed by atoms with Crippen LogP contribution in [0.15, 0.2) is 24.3 Å². The summed E-state index contributed by atoms with van der Waals surface area (Å²) in [6, 6.07) is 9.09. The second-order valence-electron chi connectivity index (χ2n) is 4.94. The van der Waals surface area contributed by atoms with Crippen molar-refractivity contribution < 1.29 is 0 Å². The van der Waals surface area contributed by atoms with Crippen LogP contribution < -0.4 is 11.3 Å². The van der Waals surface area contributed by atoms with Gasteiger partial charge in [0.2, 0.25) is 0 Å². The summed E-state index contributed by atoms with van der Waals surface area (Å²) in [4.78, 5) is 0. The standard InChI is InChI=1S/C14H22N2/c1-3-11-5-4-6-13(9-11)14(16-15)10(2)12-7-8-12/h4-6,9-10,12,14,16H,3,7-8,15H2,1-2H3. The van der Waals surface area contributed by atoms with Crippen molar-refractivity contribution in [3.8, 4) is 0 Å². The molecule has 0 bridgehead atoms. The lowest BCUT2D eigenvalue weighted by Gasteiger charge is -2.24. The van der Waals surface area contributed by atoms with Crippen LogP contribution in [-0.4, -0.2) is 0 Å². The highest BCUT2D eigenvalue weighted by molar-refractivity contribution is 5.26. The number of hydrogen-bond acceptors (Lipinski definition) is 2. The number of rotatable bonds is 5. The second kappa shape index (κ2) is 4.98. The lowest BCUT2D eigenvalue weighted by Crippen LogP contribution is -2.33. The first-order valence-electron chi connectivity index (χ1n) is 6.31. The first kappa shape index (κ1) is 11.6. The van der Waals surface area contributed by atoms with Gasteiger partial charge in [0.25, 0.3) is 0 Å². The summed E-state index contributed by atoms with van der Waals surface area (Å²) in [6.07, 6.45) is 3.82. The molecule has 3 N–H and O–H groups in total. The van der Waals surface area contributed by atoms with Crippen molar-refractivity contribution in [1.29, 1.82) is 0 Å². The highest BCUT2D eigenvalue weighted by Crippen LogP contribution is 2.42. The number of hydrogen-bond donors (Lipinski definition) is 2. The molecule has 0 aliphatic heterocycles. The highest BCUT2D eigenvalue weighted by Gasteiger charge is 2.33. The Bertz CT molecular complexity index is 344. The summed E-state index contributed by atoms with van der Waals surface area (Å²) < 4.78 is 0. The van der Waals surface area contributed by atoms with Crippen LogP contribution in [0.1, 0.15) is 43.9 Å². The van der Waals surface area contributed by atoms with Gasteiger partial charge in [0.05, 0.1) is 0 Å². The molecule has 2 unspecified atom stereocenters. The quantitative estimate of drug-likeness (QED) is 0.589. The first-order valence-corrected chi connectivity index (χ1v) is 6.31. The van der Waals surface area contributed by atoms with Gasteiger partial charge in [-0.2, -0.15) is 0 Å². The summed E-state index contributed by atoms with van der Waals surface area (Å²) in [5.41, 5.74) is 5.71. The molecule has 0 saturated heterocycles. The van der Waals surface area contributed by atoms with Gasteiger partial charge in [-0.05, 0) is 42.2 Å². The van der Waals surface area contributed by atoms with Crippen LogP contribution in [0.3, 0.4) is 0 Å². The first-order chi connectivity index (χ1) is 7.76. The summed E-state index contributed by atoms with van der Waals surface area (Å²) in [6.45, 7) is 4.50. The topological polar surface area (TPSA) is 38.0 Å². The number of nitrogens with two attached hydrogens (primary N) is 1. The number of hydrazine groups is 1. The summed E-state index contributed by atoms with van der Waals surface area (Å²) >= 11 is 0. The van der Waals surface area contributed by atoms with Crippen LogP contribution in [0, 0.1) is 11.8 Å². The Labute approximate surface area is 98.2 Å². The van der Waals surface area contributed by atoms with Gasteiger partial charge >= 0.3 is 0 Å². The lowest BCUT2D eigenvalue weighted by molar-refractivity contribution is 0.354. The van der Waals surface area contributed by atoms with Crippen LogP contribution in [0.2, 0.25) is 0 Å². The van der Waals surface area contributed by atoms with Crippen LogP contribution in [-0.2, 0) is 6.42 Å². The van der Waals surface area contributed by atoms with E-state index in [1.54, 1.807) is 0 Å². The molecule has 2 heteroatoms. The zero-order valence-electron chi connectivity index (χ0n) is 10.2.